The van der Waals surface area contributed by atoms with Gasteiger partial charge in [0.1, 0.15) is 0 Å². The molecule has 100 valence electrons. The van der Waals surface area contributed by atoms with E-state index in [1.165, 1.54) is 24.1 Å². The summed E-state index contributed by atoms with van der Waals surface area (Å²) < 4.78 is 0. The third kappa shape index (κ3) is 3.24. The van der Waals surface area contributed by atoms with Crippen molar-refractivity contribution < 1.29 is 5.11 Å². The number of nitrogens with zero attached hydrogens (tertiary/aromatic N) is 1. The largest absolute Gasteiger partial charge is 0.395 e. The molecule has 0 amide bonds. The molecule has 18 heavy (non-hydrogen) atoms. The van der Waals surface area contributed by atoms with Gasteiger partial charge in [0.15, 0.2) is 0 Å². The average molecular weight is 248 g/mol. The maximum absolute atomic E-state index is 8.89. The highest BCUT2D eigenvalue weighted by atomic mass is 16.3. The Morgan fingerprint density at radius 2 is 2.22 bits per heavy atom. The first-order chi connectivity index (χ1) is 8.85. The van der Waals surface area contributed by atoms with Crippen molar-refractivity contribution in [2.45, 2.75) is 32.2 Å². The summed E-state index contributed by atoms with van der Waals surface area (Å²) in [5.74, 6) is 0. The molecular weight excluding hydrogens is 224 g/mol. The van der Waals surface area contributed by atoms with Crippen LogP contribution in [0.2, 0.25) is 0 Å². The SMILES string of the molecule is CCc1ccccc1N1CCCC(NCCO)C1. The van der Waals surface area contributed by atoms with Gasteiger partial charge in [0, 0.05) is 31.4 Å². The lowest BCUT2D eigenvalue weighted by atomic mass is 10.0. The first-order valence-electron chi connectivity index (χ1n) is 7.02. The maximum Gasteiger partial charge on any atom is 0.0556 e. The summed E-state index contributed by atoms with van der Waals surface area (Å²) in [6, 6.07) is 9.20. The number of rotatable bonds is 5. The van der Waals surface area contributed by atoms with Crippen molar-refractivity contribution in [2.24, 2.45) is 0 Å². The summed E-state index contributed by atoms with van der Waals surface area (Å²) in [5, 5.41) is 12.3. The van der Waals surface area contributed by atoms with E-state index in [0.29, 0.717) is 12.6 Å². The van der Waals surface area contributed by atoms with Gasteiger partial charge in [0.25, 0.3) is 0 Å². The Bertz CT molecular complexity index is 367. The lowest BCUT2D eigenvalue weighted by Gasteiger charge is -2.36. The van der Waals surface area contributed by atoms with E-state index in [9.17, 15) is 0 Å². The Morgan fingerprint density at radius 3 is 3.00 bits per heavy atom. The van der Waals surface area contributed by atoms with Crippen LogP contribution in [0.5, 0.6) is 0 Å². The Labute approximate surface area is 110 Å². The van der Waals surface area contributed by atoms with Crippen LogP contribution in [0.3, 0.4) is 0 Å². The second kappa shape index (κ2) is 6.76. The first kappa shape index (κ1) is 13.4. The summed E-state index contributed by atoms with van der Waals surface area (Å²) in [4.78, 5) is 2.48. The minimum absolute atomic E-state index is 0.224. The molecule has 1 aromatic carbocycles. The smallest absolute Gasteiger partial charge is 0.0556 e. The number of aryl methyl sites for hydroxylation is 1. The lowest BCUT2D eigenvalue weighted by molar-refractivity contribution is 0.278. The van der Waals surface area contributed by atoms with Gasteiger partial charge in [-0.05, 0) is 30.9 Å². The minimum atomic E-state index is 0.224. The van der Waals surface area contributed by atoms with E-state index in [1.54, 1.807) is 0 Å². The first-order valence-corrected chi connectivity index (χ1v) is 7.02. The van der Waals surface area contributed by atoms with Crippen molar-refractivity contribution in [2.75, 3.05) is 31.1 Å². The summed E-state index contributed by atoms with van der Waals surface area (Å²) >= 11 is 0. The molecule has 1 saturated heterocycles. The lowest BCUT2D eigenvalue weighted by Crippen LogP contribution is -2.46. The fraction of sp³-hybridized carbons (Fsp3) is 0.600. The zero-order valence-electron chi connectivity index (χ0n) is 11.2. The van der Waals surface area contributed by atoms with Gasteiger partial charge >= 0.3 is 0 Å². The van der Waals surface area contributed by atoms with Crippen LogP contribution in [0.4, 0.5) is 5.69 Å². The molecule has 0 saturated carbocycles. The van der Waals surface area contributed by atoms with Crippen molar-refractivity contribution in [1.29, 1.82) is 0 Å². The van der Waals surface area contributed by atoms with Crippen molar-refractivity contribution in [3.05, 3.63) is 29.8 Å². The molecule has 3 heteroatoms. The number of piperidine rings is 1. The number of hydrogen-bond acceptors (Lipinski definition) is 3. The number of aliphatic hydroxyl groups excluding tert-OH is 1. The Hall–Kier alpha value is -1.06. The molecule has 0 radical (unpaired) electrons. The molecule has 1 fully saturated rings. The summed E-state index contributed by atoms with van der Waals surface area (Å²) in [6.45, 7) is 5.34. The molecule has 0 aromatic heterocycles. The molecule has 2 N–H and O–H groups in total. The highest BCUT2D eigenvalue weighted by molar-refractivity contribution is 5.54. The second-order valence-corrected chi connectivity index (χ2v) is 4.95. The number of hydrogen-bond donors (Lipinski definition) is 2. The zero-order chi connectivity index (χ0) is 12.8. The summed E-state index contributed by atoms with van der Waals surface area (Å²) in [5.41, 5.74) is 2.82. The standard InChI is InChI=1S/C15H24N2O/c1-2-13-6-3-4-8-15(13)17-10-5-7-14(12-17)16-9-11-18/h3-4,6,8,14,16,18H,2,5,7,9-12H2,1H3. The molecule has 1 aliphatic heterocycles. The molecule has 0 spiro atoms. The van der Waals surface area contributed by atoms with Gasteiger partial charge in [-0.1, -0.05) is 25.1 Å². The van der Waals surface area contributed by atoms with Gasteiger partial charge in [-0.2, -0.15) is 0 Å². The number of aliphatic hydroxyl groups is 1. The topological polar surface area (TPSA) is 35.5 Å². The third-order valence-electron chi connectivity index (χ3n) is 3.68. The van der Waals surface area contributed by atoms with Crippen LogP contribution in [0, 0.1) is 0 Å². The molecule has 3 nitrogen and oxygen atoms in total. The van der Waals surface area contributed by atoms with E-state index in [2.05, 4.69) is 41.4 Å². The Balaban J connectivity index is 2.03. The molecule has 1 unspecified atom stereocenters. The van der Waals surface area contributed by atoms with E-state index in [0.717, 1.165) is 19.5 Å². The van der Waals surface area contributed by atoms with Gasteiger partial charge in [0.05, 0.1) is 6.61 Å². The van der Waals surface area contributed by atoms with Crippen LogP contribution < -0.4 is 10.2 Å². The monoisotopic (exact) mass is 248 g/mol. The number of nitrogens with one attached hydrogen (secondary N) is 1. The van der Waals surface area contributed by atoms with Crippen molar-refractivity contribution >= 4 is 5.69 Å². The Morgan fingerprint density at radius 1 is 1.39 bits per heavy atom. The Kier molecular flexibility index (Phi) is 5.02. The highest BCUT2D eigenvalue weighted by Gasteiger charge is 2.20. The van der Waals surface area contributed by atoms with Crippen LogP contribution in [0.25, 0.3) is 0 Å². The maximum atomic E-state index is 8.89. The van der Waals surface area contributed by atoms with Gasteiger partial charge in [-0.15, -0.1) is 0 Å². The van der Waals surface area contributed by atoms with Gasteiger partial charge in [-0.3, -0.25) is 0 Å². The molecule has 1 aliphatic rings. The van der Waals surface area contributed by atoms with Crippen LogP contribution in [0.1, 0.15) is 25.3 Å². The predicted molar refractivity (Wildman–Crippen MR) is 76.1 cm³/mol. The van der Waals surface area contributed by atoms with Gasteiger partial charge in [0.2, 0.25) is 0 Å². The summed E-state index contributed by atoms with van der Waals surface area (Å²) in [7, 11) is 0. The molecule has 0 bridgehead atoms. The fourth-order valence-electron chi connectivity index (χ4n) is 2.75. The molecule has 1 heterocycles. The zero-order valence-corrected chi connectivity index (χ0v) is 11.2. The van der Waals surface area contributed by atoms with Gasteiger partial charge in [-0.25, -0.2) is 0 Å². The summed E-state index contributed by atoms with van der Waals surface area (Å²) in [6.07, 6.45) is 3.52. The number of para-hydroxylation sites is 1. The van der Waals surface area contributed by atoms with Crippen molar-refractivity contribution in [3.63, 3.8) is 0 Å². The quantitative estimate of drug-likeness (QED) is 0.834. The number of anilines is 1. The van der Waals surface area contributed by atoms with Crippen LogP contribution in [-0.4, -0.2) is 37.4 Å². The average Bonchev–Trinajstić information content (AvgIpc) is 2.45. The van der Waals surface area contributed by atoms with E-state index in [1.807, 2.05) is 0 Å². The fourth-order valence-corrected chi connectivity index (χ4v) is 2.75. The van der Waals surface area contributed by atoms with Crippen LogP contribution in [0.15, 0.2) is 24.3 Å². The van der Waals surface area contributed by atoms with E-state index < -0.39 is 0 Å². The molecule has 1 atom stereocenters. The molecular formula is C15H24N2O. The third-order valence-corrected chi connectivity index (χ3v) is 3.68. The normalized spacial score (nSPS) is 20.1. The van der Waals surface area contributed by atoms with Crippen LogP contribution in [-0.2, 0) is 6.42 Å². The molecule has 1 aromatic rings. The molecule has 0 aliphatic carbocycles. The van der Waals surface area contributed by atoms with Crippen molar-refractivity contribution in [3.8, 4) is 0 Å². The van der Waals surface area contributed by atoms with E-state index >= 15 is 0 Å². The van der Waals surface area contributed by atoms with E-state index in [4.69, 9.17) is 5.11 Å². The predicted octanol–water partition coefficient (Wildman–Crippen LogP) is 1.80. The van der Waals surface area contributed by atoms with Crippen LogP contribution >= 0.6 is 0 Å². The van der Waals surface area contributed by atoms with E-state index in [-0.39, 0.29) is 6.61 Å². The van der Waals surface area contributed by atoms with Crippen molar-refractivity contribution in [1.82, 2.24) is 5.32 Å². The number of benzene rings is 1. The second-order valence-electron chi connectivity index (χ2n) is 4.95. The van der Waals surface area contributed by atoms with Gasteiger partial charge < -0.3 is 15.3 Å². The minimum Gasteiger partial charge on any atom is -0.395 e. The molecule has 2 rings (SSSR count). The highest BCUT2D eigenvalue weighted by Crippen LogP contribution is 2.24.